The third kappa shape index (κ3) is 6.93. The van der Waals surface area contributed by atoms with Crippen molar-refractivity contribution < 1.29 is 19.1 Å². The van der Waals surface area contributed by atoms with Crippen LogP contribution in [0.5, 0.6) is 0 Å². The van der Waals surface area contributed by atoms with Crippen molar-refractivity contribution in [3.63, 3.8) is 0 Å². The molecular formula is C22H34N6O4. The molecule has 10 nitrogen and oxygen atoms in total. The second kappa shape index (κ2) is 11.4. The average Bonchev–Trinajstić information content (AvgIpc) is 3.11. The first-order chi connectivity index (χ1) is 15.2. The van der Waals surface area contributed by atoms with Crippen molar-refractivity contribution >= 4 is 35.0 Å². The van der Waals surface area contributed by atoms with Crippen LogP contribution in [0.2, 0.25) is 0 Å². The van der Waals surface area contributed by atoms with Gasteiger partial charge in [0.05, 0.1) is 12.9 Å². The second-order valence-corrected chi connectivity index (χ2v) is 8.23. The molecule has 2 aromatic rings. The summed E-state index contributed by atoms with van der Waals surface area (Å²) >= 11 is 0. The predicted octanol–water partition coefficient (Wildman–Crippen LogP) is 3.92. The molecule has 0 aliphatic rings. The second-order valence-electron chi connectivity index (χ2n) is 8.23. The van der Waals surface area contributed by atoms with E-state index >= 15 is 0 Å². The van der Waals surface area contributed by atoms with Gasteiger partial charge in [-0.15, -0.1) is 6.58 Å². The number of nitrogens with zero attached hydrogens (tertiary/aromatic N) is 5. The number of aromatic nitrogens is 4. The Labute approximate surface area is 189 Å². The van der Waals surface area contributed by atoms with Crippen molar-refractivity contribution in [1.82, 2.24) is 19.5 Å². The molecule has 10 heteroatoms. The number of unbranched alkanes of at least 4 members (excludes halogenated alkanes) is 2. The molecule has 0 aliphatic carbocycles. The Morgan fingerprint density at radius 2 is 2.00 bits per heavy atom. The highest BCUT2D eigenvalue weighted by molar-refractivity contribution is 5.90. The summed E-state index contributed by atoms with van der Waals surface area (Å²) in [5.74, 6) is 0.219. The Balaban J connectivity index is 2.53. The highest BCUT2D eigenvalue weighted by atomic mass is 16.6. The number of ether oxygens (including phenoxy) is 2. The molecule has 32 heavy (non-hydrogen) atoms. The summed E-state index contributed by atoms with van der Waals surface area (Å²) in [5.41, 5.74) is 0.232. The molecule has 0 aromatic carbocycles. The molecule has 2 aromatic heterocycles. The first-order valence-electron chi connectivity index (χ1n) is 10.9. The number of hydrogen-bond donors (Lipinski definition) is 1. The number of carbonyl (C=O) groups excluding carboxylic acids is 2. The van der Waals surface area contributed by atoms with Gasteiger partial charge in [-0.05, 0) is 34.1 Å². The normalized spacial score (nSPS) is 11.3. The lowest BCUT2D eigenvalue weighted by atomic mass is 10.2. The zero-order valence-corrected chi connectivity index (χ0v) is 19.7. The highest BCUT2D eigenvalue weighted by Gasteiger charge is 2.27. The number of anilines is 2. The van der Waals surface area contributed by atoms with Crippen LogP contribution >= 0.6 is 0 Å². The van der Waals surface area contributed by atoms with Crippen LogP contribution in [0.1, 0.15) is 53.9 Å². The van der Waals surface area contributed by atoms with Crippen LogP contribution in [0.25, 0.3) is 11.2 Å². The van der Waals surface area contributed by atoms with E-state index in [1.54, 1.807) is 17.6 Å². The molecule has 0 radical (unpaired) electrons. The van der Waals surface area contributed by atoms with Crippen molar-refractivity contribution in [2.75, 3.05) is 29.9 Å². The molecule has 2 heterocycles. The molecule has 0 aliphatic heterocycles. The summed E-state index contributed by atoms with van der Waals surface area (Å²) < 4.78 is 12.2. The average molecular weight is 447 g/mol. The monoisotopic (exact) mass is 446 g/mol. The summed E-state index contributed by atoms with van der Waals surface area (Å²) in [6.07, 6.45) is 5.39. The van der Waals surface area contributed by atoms with Crippen molar-refractivity contribution in [3.05, 3.63) is 19.0 Å². The Kier molecular flexibility index (Phi) is 8.98. The van der Waals surface area contributed by atoms with Gasteiger partial charge < -0.3 is 19.4 Å². The van der Waals surface area contributed by atoms with Crippen molar-refractivity contribution in [1.29, 1.82) is 0 Å². The minimum Gasteiger partial charge on any atom is -0.465 e. The Morgan fingerprint density at radius 3 is 2.62 bits per heavy atom. The van der Waals surface area contributed by atoms with E-state index in [0.717, 1.165) is 19.3 Å². The van der Waals surface area contributed by atoms with Gasteiger partial charge in [-0.2, -0.15) is 9.97 Å². The Bertz CT molecular complexity index is 934. The smallest absolute Gasteiger partial charge is 0.417 e. The topological polar surface area (TPSA) is 111 Å². The van der Waals surface area contributed by atoms with Crippen LogP contribution in [-0.4, -0.2) is 56.9 Å². The quantitative estimate of drug-likeness (QED) is 0.314. The third-order valence-electron chi connectivity index (χ3n) is 4.31. The van der Waals surface area contributed by atoms with Crippen LogP contribution in [0.4, 0.5) is 16.6 Å². The lowest BCUT2D eigenvalue weighted by Gasteiger charge is -2.26. The molecule has 1 amide bonds. The zero-order valence-electron chi connectivity index (χ0n) is 19.7. The summed E-state index contributed by atoms with van der Waals surface area (Å²) in [6.45, 7) is 14.1. The third-order valence-corrected chi connectivity index (χ3v) is 4.31. The lowest BCUT2D eigenvalue weighted by molar-refractivity contribution is -0.143. The number of rotatable bonds is 11. The fourth-order valence-corrected chi connectivity index (χ4v) is 2.92. The maximum absolute atomic E-state index is 13.0. The van der Waals surface area contributed by atoms with Gasteiger partial charge in [0.1, 0.15) is 12.1 Å². The molecule has 0 saturated carbocycles. The summed E-state index contributed by atoms with van der Waals surface area (Å²) in [4.78, 5) is 40.0. The van der Waals surface area contributed by atoms with Gasteiger partial charge in [-0.1, -0.05) is 25.8 Å². The number of fused-ring (bicyclic) bond motifs is 1. The molecule has 0 spiro atoms. The number of carbonyl (C=O) groups is 2. The van der Waals surface area contributed by atoms with Gasteiger partial charge in [-0.25, -0.2) is 14.7 Å². The van der Waals surface area contributed by atoms with Crippen molar-refractivity contribution in [2.24, 2.45) is 0 Å². The first-order valence-corrected chi connectivity index (χ1v) is 10.9. The number of imidazole rings is 1. The van der Waals surface area contributed by atoms with Crippen LogP contribution in [0, 0.1) is 0 Å². The first kappa shape index (κ1) is 25.1. The minimum absolute atomic E-state index is 0.0516. The van der Waals surface area contributed by atoms with Crippen molar-refractivity contribution in [3.8, 4) is 0 Å². The van der Waals surface area contributed by atoms with Gasteiger partial charge in [0.2, 0.25) is 5.95 Å². The summed E-state index contributed by atoms with van der Waals surface area (Å²) in [6, 6.07) is 0. The van der Waals surface area contributed by atoms with E-state index in [-0.39, 0.29) is 19.1 Å². The van der Waals surface area contributed by atoms with Gasteiger partial charge in [0.25, 0.3) is 0 Å². The number of amides is 1. The number of hydrogen-bond acceptors (Lipinski definition) is 8. The SMILES string of the molecule is C=CCNc1nc(N(CCCCC)C(=O)OC(C)(C)C)nc2c1ncn2CC(=O)OCC. The maximum Gasteiger partial charge on any atom is 0.417 e. The van der Waals surface area contributed by atoms with E-state index in [1.165, 1.54) is 11.2 Å². The van der Waals surface area contributed by atoms with E-state index in [2.05, 4.69) is 33.8 Å². The molecule has 1 N–H and O–H groups in total. The molecule has 0 bridgehead atoms. The minimum atomic E-state index is -0.667. The summed E-state index contributed by atoms with van der Waals surface area (Å²) in [7, 11) is 0. The Morgan fingerprint density at radius 1 is 1.25 bits per heavy atom. The largest absolute Gasteiger partial charge is 0.465 e. The van der Waals surface area contributed by atoms with Gasteiger partial charge in [0, 0.05) is 13.1 Å². The van der Waals surface area contributed by atoms with E-state index < -0.39 is 17.7 Å². The molecule has 176 valence electrons. The molecule has 0 atom stereocenters. The van der Waals surface area contributed by atoms with Crippen LogP contribution in [0.3, 0.4) is 0 Å². The van der Waals surface area contributed by atoms with Crippen LogP contribution in [0.15, 0.2) is 19.0 Å². The lowest BCUT2D eigenvalue weighted by Crippen LogP contribution is -2.38. The fraction of sp³-hybridized carbons (Fsp3) is 0.591. The fourth-order valence-electron chi connectivity index (χ4n) is 2.92. The maximum atomic E-state index is 13.0. The Hall–Kier alpha value is -3.17. The van der Waals surface area contributed by atoms with E-state index in [0.29, 0.717) is 30.1 Å². The standard InChI is InChI=1S/C22H34N6O4/c1-7-10-11-13-28(21(30)32-22(4,5)6)20-25-18(23-12-8-2)17-19(26-20)27(15-24-17)14-16(29)31-9-3/h8,15H,2,7,9-14H2,1,3-6H3,(H,23,25,26). The molecule has 0 fully saturated rings. The molecule has 0 saturated heterocycles. The van der Waals surface area contributed by atoms with Crippen LogP contribution in [-0.2, 0) is 20.8 Å². The van der Waals surface area contributed by atoms with Gasteiger partial charge in [-0.3, -0.25) is 4.79 Å². The molecular weight excluding hydrogens is 412 g/mol. The predicted molar refractivity (Wildman–Crippen MR) is 124 cm³/mol. The van der Waals surface area contributed by atoms with E-state index in [9.17, 15) is 9.59 Å². The zero-order chi connectivity index (χ0) is 23.7. The molecule has 2 rings (SSSR count). The van der Waals surface area contributed by atoms with Gasteiger partial charge in [0.15, 0.2) is 17.0 Å². The highest BCUT2D eigenvalue weighted by Crippen LogP contribution is 2.24. The van der Waals surface area contributed by atoms with E-state index in [4.69, 9.17) is 9.47 Å². The van der Waals surface area contributed by atoms with Crippen LogP contribution < -0.4 is 10.2 Å². The van der Waals surface area contributed by atoms with Gasteiger partial charge >= 0.3 is 12.1 Å². The number of esters is 1. The molecule has 0 unspecified atom stereocenters. The number of nitrogens with one attached hydrogen (secondary N) is 1. The summed E-state index contributed by atoms with van der Waals surface area (Å²) in [5, 5.41) is 3.14. The van der Waals surface area contributed by atoms with E-state index in [1.807, 2.05) is 20.8 Å². The van der Waals surface area contributed by atoms with Crippen molar-refractivity contribution in [2.45, 2.75) is 66.0 Å².